The number of ether oxygens (including phenoxy) is 1. The third-order valence-electron chi connectivity index (χ3n) is 3.45. The second-order valence-electron chi connectivity index (χ2n) is 5.41. The highest BCUT2D eigenvalue weighted by Gasteiger charge is 2.14. The number of anilines is 1. The zero-order valence-electron chi connectivity index (χ0n) is 14.3. The molecule has 0 saturated heterocycles. The van der Waals surface area contributed by atoms with Crippen molar-refractivity contribution in [1.29, 1.82) is 0 Å². The molecule has 0 spiro atoms. The number of aryl methyl sites for hydroxylation is 1. The lowest BCUT2D eigenvalue weighted by molar-refractivity contribution is -0.116. The molecule has 2 aromatic rings. The van der Waals surface area contributed by atoms with E-state index in [1.54, 1.807) is 31.2 Å². The van der Waals surface area contributed by atoms with Gasteiger partial charge in [0, 0.05) is 11.8 Å². The third kappa shape index (κ3) is 5.00. The van der Waals surface area contributed by atoms with Gasteiger partial charge in [-0.2, -0.15) is 0 Å². The minimum absolute atomic E-state index is 0.185. The van der Waals surface area contributed by atoms with Crippen LogP contribution in [0.25, 0.3) is 0 Å². The minimum Gasteiger partial charge on any atom is -0.462 e. The fraction of sp³-hybridized carbons (Fsp3) is 0.333. The molecule has 7 heteroatoms. The van der Waals surface area contributed by atoms with Gasteiger partial charge >= 0.3 is 5.97 Å². The SMILES string of the molecule is CCCc1cc(=O)n(CC(=O)Nc2ccccc2C(=O)OCC)cn1. The van der Waals surface area contributed by atoms with Crippen molar-refractivity contribution in [3.8, 4) is 0 Å². The molecule has 25 heavy (non-hydrogen) atoms. The Bertz CT molecular complexity index is 814. The van der Waals surface area contributed by atoms with Crippen molar-refractivity contribution in [3.63, 3.8) is 0 Å². The van der Waals surface area contributed by atoms with Crippen LogP contribution in [0, 0.1) is 0 Å². The maximum Gasteiger partial charge on any atom is 0.340 e. The van der Waals surface area contributed by atoms with Crippen molar-refractivity contribution in [2.75, 3.05) is 11.9 Å². The Balaban J connectivity index is 2.11. The molecule has 0 aliphatic carbocycles. The topological polar surface area (TPSA) is 90.3 Å². The summed E-state index contributed by atoms with van der Waals surface area (Å²) in [5.41, 5.74) is 1.03. The molecule has 1 amide bonds. The van der Waals surface area contributed by atoms with E-state index in [4.69, 9.17) is 4.74 Å². The van der Waals surface area contributed by atoms with E-state index < -0.39 is 11.9 Å². The number of para-hydroxylation sites is 1. The van der Waals surface area contributed by atoms with Crippen LogP contribution in [0.15, 0.2) is 41.5 Å². The maximum atomic E-state index is 12.2. The van der Waals surface area contributed by atoms with Crippen LogP contribution in [0.5, 0.6) is 0 Å². The summed E-state index contributed by atoms with van der Waals surface area (Å²) in [6.45, 7) is 3.77. The second kappa shape index (κ2) is 8.77. The van der Waals surface area contributed by atoms with Gasteiger partial charge in [0.15, 0.2) is 0 Å². The van der Waals surface area contributed by atoms with Gasteiger partial charge in [-0.1, -0.05) is 25.5 Å². The van der Waals surface area contributed by atoms with E-state index >= 15 is 0 Å². The van der Waals surface area contributed by atoms with Crippen LogP contribution in [0.2, 0.25) is 0 Å². The summed E-state index contributed by atoms with van der Waals surface area (Å²) in [6.07, 6.45) is 2.97. The molecule has 0 saturated carbocycles. The van der Waals surface area contributed by atoms with Crippen LogP contribution in [0.3, 0.4) is 0 Å². The van der Waals surface area contributed by atoms with E-state index in [0.29, 0.717) is 11.4 Å². The predicted molar refractivity (Wildman–Crippen MR) is 93.5 cm³/mol. The van der Waals surface area contributed by atoms with Gasteiger partial charge < -0.3 is 10.1 Å². The van der Waals surface area contributed by atoms with Crippen LogP contribution in [-0.4, -0.2) is 28.0 Å². The molecule has 132 valence electrons. The van der Waals surface area contributed by atoms with E-state index in [9.17, 15) is 14.4 Å². The van der Waals surface area contributed by atoms with Gasteiger partial charge in [-0.25, -0.2) is 9.78 Å². The number of benzene rings is 1. The largest absolute Gasteiger partial charge is 0.462 e. The summed E-state index contributed by atoms with van der Waals surface area (Å²) in [7, 11) is 0. The Kier molecular flexibility index (Phi) is 6.45. The molecule has 2 rings (SSSR count). The number of carbonyl (C=O) groups is 2. The summed E-state index contributed by atoms with van der Waals surface area (Å²) >= 11 is 0. The lowest BCUT2D eigenvalue weighted by Crippen LogP contribution is -2.28. The number of hydrogen-bond donors (Lipinski definition) is 1. The average molecular weight is 343 g/mol. The molecule has 1 heterocycles. The molecular weight excluding hydrogens is 322 g/mol. The molecule has 7 nitrogen and oxygen atoms in total. The van der Waals surface area contributed by atoms with E-state index in [2.05, 4.69) is 10.3 Å². The van der Waals surface area contributed by atoms with Crippen LogP contribution >= 0.6 is 0 Å². The van der Waals surface area contributed by atoms with Gasteiger partial charge in [0.1, 0.15) is 6.54 Å². The molecule has 0 unspecified atom stereocenters. The number of hydrogen-bond acceptors (Lipinski definition) is 5. The highest BCUT2D eigenvalue weighted by molar-refractivity contribution is 6.01. The number of amides is 1. The van der Waals surface area contributed by atoms with E-state index in [1.165, 1.54) is 17.0 Å². The highest BCUT2D eigenvalue weighted by atomic mass is 16.5. The van der Waals surface area contributed by atoms with Crippen LogP contribution in [0.1, 0.15) is 36.3 Å². The zero-order valence-corrected chi connectivity index (χ0v) is 14.3. The number of aromatic nitrogens is 2. The van der Waals surface area contributed by atoms with Gasteiger partial charge in [-0.05, 0) is 25.5 Å². The second-order valence-corrected chi connectivity index (χ2v) is 5.41. The molecule has 1 aromatic carbocycles. The van der Waals surface area contributed by atoms with Gasteiger partial charge in [-0.3, -0.25) is 14.2 Å². The maximum absolute atomic E-state index is 12.2. The summed E-state index contributed by atoms with van der Waals surface area (Å²) in [5.74, 6) is -0.940. The number of rotatable bonds is 7. The van der Waals surface area contributed by atoms with Gasteiger partial charge in [0.2, 0.25) is 5.91 Å². The molecule has 0 fully saturated rings. The van der Waals surface area contributed by atoms with Gasteiger partial charge in [-0.15, -0.1) is 0 Å². The lowest BCUT2D eigenvalue weighted by Gasteiger charge is -2.11. The predicted octanol–water partition coefficient (Wildman–Crippen LogP) is 2.01. The monoisotopic (exact) mass is 343 g/mol. The minimum atomic E-state index is -0.513. The molecule has 0 atom stereocenters. The Labute approximate surface area is 145 Å². The van der Waals surface area contributed by atoms with Crippen molar-refractivity contribution in [2.45, 2.75) is 33.2 Å². The van der Waals surface area contributed by atoms with Crippen molar-refractivity contribution < 1.29 is 14.3 Å². The van der Waals surface area contributed by atoms with Gasteiger partial charge in [0.05, 0.1) is 24.2 Å². The summed E-state index contributed by atoms with van der Waals surface area (Å²) in [6, 6.07) is 7.99. The third-order valence-corrected chi connectivity index (χ3v) is 3.45. The molecule has 1 N–H and O–H groups in total. The molecule has 0 aliphatic heterocycles. The summed E-state index contributed by atoms with van der Waals surface area (Å²) in [4.78, 5) is 40.3. The first kappa shape index (κ1) is 18.4. The van der Waals surface area contributed by atoms with Crippen molar-refractivity contribution in [3.05, 3.63) is 58.3 Å². The molecule has 1 aromatic heterocycles. The van der Waals surface area contributed by atoms with Gasteiger partial charge in [0.25, 0.3) is 5.56 Å². The highest BCUT2D eigenvalue weighted by Crippen LogP contribution is 2.16. The quantitative estimate of drug-likeness (QED) is 0.777. The zero-order chi connectivity index (χ0) is 18.2. The fourth-order valence-electron chi connectivity index (χ4n) is 2.30. The number of carbonyl (C=O) groups excluding carboxylic acids is 2. The van der Waals surface area contributed by atoms with Crippen LogP contribution < -0.4 is 10.9 Å². The lowest BCUT2D eigenvalue weighted by atomic mass is 10.2. The van der Waals surface area contributed by atoms with Crippen molar-refractivity contribution >= 4 is 17.6 Å². The Morgan fingerprint density at radius 1 is 1.24 bits per heavy atom. The smallest absolute Gasteiger partial charge is 0.340 e. The standard InChI is InChI=1S/C18H21N3O4/c1-3-7-13-10-17(23)21(12-19-13)11-16(22)20-15-9-6-5-8-14(15)18(24)25-4-2/h5-6,8-10,12H,3-4,7,11H2,1-2H3,(H,20,22). The van der Waals surface area contributed by atoms with Crippen LogP contribution in [0.4, 0.5) is 5.69 Å². The van der Waals surface area contributed by atoms with E-state index in [1.807, 2.05) is 6.92 Å². The average Bonchev–Trinajstić information content (AvgIpc) is 2.58. The summed E-state index contributed by atoms with van der Waals surface area (Å²) in [5, 5.41) is 2.64. The first-order chi connectivity index (χ1) is 12.0. The Morgan fingerprint density at radius 2 is 2.00 bits per heavy atom. The van der Waals surface area contributed by atoms with E-state index in [0.717, 1.165) is 12.8 Å². The molecule has 0 aliphatic rings. The Hall–Kier alpha value is -2.96. The number of esters is 1. The molecule has 0 radical (unpaired) electrons. The first-order valence-corrected chi connectivity index (χ1v) is 8.16. The van der Waals surface area contributed by atoms with Crippen LogP contribution in [-0.2, 0) is 22.5 Å². The van der Waals surface area contributed by atoms with E-state index in [-0.39, 0.29) is 24.3 Å². The Morgan fingerprint density at radius 3 is 2.68 bits per heavy atom. The number of nitrogens with zero attached hydrogens (tertiary/aromatic N) is 2. The fourth-order valence-corrected chi connectivity index (χ4v) is 2.30. The first-order valence-electron chi connectivity index (χ1n) is 8.16. The van der Waals surface area contributed by atoms with Crippen molar-refractivity contribution in [1.82, 2.24) is 9.55 Å². The molecule has 0 bridgehead atoms. The number of nitrogens with one attached hydrogen (secondary N) is 1. The van der Waals surface area contributed by atoms with Crippen molar-refractivity contribution in [2.24, 2.45) is 0 Å². The molecular formula is C18H21N3O4. The summed E-state index contributed by atoms with van der Waals surface area (Å²) < 4.78 is 6.19. The normalized spacial score (nSPS) is 10.3.